The number of amides is 1. The first-order chi connectivity index (χ1) is 11.1. The summed E-state index contributed by atoms with van der Waals surface area (Å²) in [7, 11) is 0. The van der Waals surface area contributed by atoms with Crippen LogP contribution in [0, 0.1) is 19.8 Å². The Morgan fingerprint density at radius 1 is 1.35 bits per heavy atom. The number of carbonyl (C=O) groups is 1. The molecular formula is C19H25N3O. The number of aryl methyl sites for hydroxylation is 2. The molecule has 0 radical (unpaired) electrons. The molecule has 2 aromatic rings. The predicted molar refractivity (Wildman–Crippen MR) is 91.3 cm³/mol. The first-order valence-electron chi connectivity index (χ1n) is 8.40. The number of H-pyrrole nitrogens is 1. The summed E-state index contributed by atoms with van der Waals surface area (Å²) in [6.45, 7) is 7.69. The fourth-order valence-electron chi connectivity index (χ4n) is 3.74. The van der Waals surface area contributed by atoms with Gasteiger partial charge in [-0.05, 0) is 45.1 Å². The van der Waals surface area contributed by atoms with Crippen LogP contribution in [0.3, 0.4) is 0 Å². The molecule has 23 heavy (non-hydrogen) atoms. The monoisotopic (exact) mass is 311 g/mol. The largest absolute Gasteiger partial charge is 0.342 e. The van der Waals surface area contributed by atoms with Gasteiger partial charge in [0.05, 0.1) is 11.6 Å². The van der Waals surface area contributed by atoms with Crippen molar-refractivity contribution in [1.29, 1.82) is 0 Å². The normalized spacial score (nSPS) is 19.1. The smallest absolute Gasteiger partial charge is 0.229 e. The van der Waals surface area contributed by atoms with Gasteiger partial charge in [-0.1, -0.05) is 30.3 Å². The average Bonchev–Trinajstić information content (AvgIpc) is 3.14. The standard InChI is InChI=1S/C19H25N3O/c1-13(18-14(2)20-21-15(18)3)19(23)22-10-9-17(12-22)11-16-7-5-4-6-8-16/h4-8,13,17H,9-12H2,1-3H3,(H,20,21). The van der Waals surface area contributed by atoms with Gasteiger partial charge in [0, 0.05) is 24.3 Å². The summed E-state index contributed by atoms with van der Waals surface area (Å²) in [5.41, 5.74) is 4.36. The lowest BCUT2D eigenvalue weighted by molar-refractivity contribution is -0.131. The van der Waals surface area contributed by atoms with Gasteiger partial charge in [0.1, 0.15) is 0 Å². The molecule has 0 bridgehead atoms. The zero-order valence-corrected chi connectivity index (χ0v) is 14.2. The lowest BCUT2D eigenvalue weighted by Crippen LogP contribution is -2.32. The van der Waals surface area contributed by atoms with E-state index in [2.05, 4.69) is 34.5 Å². The minimum atomic E-state index is -0.121. The number of nitrogens with one attached hydrogen (secondary N) is 1. The summed E-state index contributed by atoms with van der Waals surface area (Å²) in [4.78, 5) is 14.9. The molecular weight excluding hydrogens is 286 g/mol. The molecule has 1 aromatic heterocycles. The molecule has 0 saturated carbocycles. The molecule has 1 aliphatic rings. The van der Waals surface area contributed by atoms with E-state index in [0.29, 0.717) is 5.92 Å². The van der Waals surface area contributed by atoms with E-state index in [0.717, 1.165) is 42.9 Å². The lowest BCUT2D eigenvalue weighted by atomic mass is 9.97. The van der Waals surface area contributed by atoms with Crippen molar-refractivity contribution < 1.29 is 4.79 Å². The third-order valence-electron chi connectivity index (χ3n) is 4.95. The molecule has 1 aromatic carbocycles. The Morgan fingerprint density at radius 3 is 2.74 bits per heavy atom. The van der Waals surface area contributed by atoms with E-state index in [9.17, 15) is 4.79 Å². The molecule has 4 nitrogen and oxygen atoms in total. The van der Waals surface area contributed by atoms with Crippen LogP contribution in [0.25, 0.3) is 0 Å². The van der Waals surface area contributed by atoms with Crippen molar-refractivity contribution in [1.82, 2.24) is 15.1 Å². The highest BCUT2D eigenvalue weighted by atomic mass is 16.2. The van der Waals surface area contributed by atoms with Crippen molar-refractivity contribution in [2.75, 3.05) is 13.1 Å². The molecule has 1 N–H and O–H groups in total. The summed E-state index contributed by atoms with van der Waals surface area (Å²) < 4.78 is 0. The van der Waals surface area contributed by atoms with Crippen molar-refractivity contribution >= 4 is 5.91 Å². The van der Waals surface area contributed by atoms with E-state index < -0.39 is 0 Å². The second-order valence-electron chi connectivity index (χ2n) is 6.70. The van der Waals surface area contributed by atoms with Crippen LogP contribution in [-0.2, 0) is 11.2 Å². The van der Waals surface area contributed by atoms with Crippen LogP contribution in [0.1, 0.15) is 41.8 Å². The maximum absolute atomic E-state index is 12.8. The van der Waals surface area contributed by atoms with Gasteiger partial charge in [0.2, 0.25) is 5.91 Å². The number of likely N-dealkylation sites (tertiary alicyclic amines) is 1. The summed E-state index contributed by atoms with van der Waals surface area (Å²) >= 11 is 0. The highest BCUT2D eigenvalue weighted by Crippen LogP contribution is 2.27. The van der Waals surface area contributed by atoms with Gasteiger partial charge in [0.25, 0.3) is 0 Å². The van der Waals surface area contributed by atoms with Crippen molar-refractivity contribution in [3.05, 3.63) is 52.8 Å². The summed E-state index contributed by atoms with van der Waals surface area (Å²) in [5.74, 6) is 0.678. The number of aromatic nitrogens is 2. The van der Waals surface area contributed by atoms with Gasteiger partial charge in [0.15, 0.2) is 0 Å². The summed E-state index contributed by atoms with van der Waals surface area (Å²) in [6, 6.07) is 10.6. The summed E-state index contributed by atoms with van der Waals surface area (Å²) in [5, 5.41) is 7.21. The van der Waals surface area contributed by atoms with Crippen LogP contribution in [0.2, 0.25) is 0 Å². The first kappa shape index (κ1) is 15.8. The van der Waals surface area contributed by atoms with E-state index in [1.165, 1.54) is 5.56 Å². The van der Waals surface area contributed by atoms with Crippen LogP contribution in [0.15, 0.2) is 30.3 Å². The van der Waals surface area contributed by atoms with Gasteiger partial charge in [-0.25, -0.2) is 0 Å². The van der Waals surface area contributed by atoms with Crippen LogP contribution in [0.5, 0.6) is 0 Å². The molecule has 4 heteroatoms. The number of rotatable bonds is 4. The summed E-state index contributed by atoms with van der Waals surface area (Å²) in [6.07, 6.45) is 2.15. The van der Waals surface area contributed by atoms with Crippen molar-refractivity contribution in [3.8, 4) is 0 Å². The average molecular weight is 311 g/mol. The highest BCUT2D eigenvalue weighted by Gasteiger charge is 2.31. The third kappa shape index (κ3) is 3.31. The Balaban J connectivity index is 1.63. The molecule has 0 spiro atoms. The Labute approximate surface area is 137 Å². The molecule has 2 heterocycles. The third-order valence-corrected chi connectivity index (χ3v) is 4.95. The molecule has 1 aliphatic heterocycles. The SMILES string of the molecule is Cc1n[nH]c(C)c1C(C)C(=O)N1CCC(Cc2ccccc2)C1. The molecule has 2 unspecified atom stereocenters. The fourth-order valence-corrected chi connectivity index (χ4v) is 3.74. The van der Waals surface area contributed by atoms with E-state index in [-0.39, 0.29) is 11.8 Å². The van der Waals surface area contributed by atoms with Crippen molar-refractivity contribution in [2.45, 2.75) is 39.5 Å². The number of hydrogen-bond acceptors (Lipinski definition) is 2. The molecule has 2 atom stereocenters. The minimum Gasteiger partial charge on any atom is -0.342 e. The van der Waals surface area contributed by atoms with Gasteiger partial charge in [-0.15, -0.1) is 0 Å². The molecule has 122 valence electrons. The van der Waals surface area contributed by atoms with E-state index in [1.807, 2.05) is 31.7 Å². The zero-order chi connectivity index (χ0) is 16.4. The molecule has 3 rings (SSSR count). The van der Waals surface area contributed by atoms with Gasteiger partial charge in [-0.3, -0.25) is 9.89 Å². The molecule has 0 aliphatic carbocycles. The Hall–Kier alpha value is -2.10. The maximum Gasteiger partial charge on any atom is 0.229 e. The van der Waals surface area contributed by atoms with Crippen LogP contribution in [-0.4, -0.2) is 34.1 Å². The van der Waals surface area contributed by atoms with Gasteiger partial charge < -0.3 is 4.90 Å². The van der Waals surface area contributed by atoms with Crippen LogP contribution < -0.4 is 0 Å². The Bertz CT molecular complexity index is 658. The quantitative estimate of drug-likeness (QED) is 0.942. The minimum absolute atomic E-state index is 0.121. The number of carbonyl (C=O) groups excluding carboxylic acids is 1. The highest BCUT2D eigenvalue weighted by molar-refractivity contribution is 5.84. The first-order valence-corrected chi connectivity index (χ1v) is 8.40. The Morgan fingerprint density at radius 2 is 2.09 bits per heavy atom. The molecule has 1 saturated heterocycles. The van der Waals surface area contributed by atoms with Crippen LogP contribution in [0.4, 0.5) is 0 Å². The van der Waals surface area contributed by atoms with E-state index in [4.69, 9.17) is 0 Å². The lowest BCUT2D eigenvalue weighted by Gasteiger charge is -2.21. The van der Waals surface area contributed by atoms with E-state index >= 15 is 0 Å². The second-order valence-corrected chi connectivity index (χ2v) is 6.70. The fraction of sp³-hybridized carbons (Fsp3) is 0.474. The molecule has 1 amide bonds. The van der Waals surface area contributed by atoms with Gasteiger partial charge >= 0.3 is 0 Å². The molecule has 1 fully saturated rings. The predicted octanol–water partition coefficient (Wildman–Crippen LogP) is 3.22. The second kappa shape index (κ2) is 6.57. The Kier molecular flexibility index (Phi) is 4.51. The maximum atomic E-state index is 12.8. The zero-order valence-electron chi connectivity index (χ0n) is 14.2. The number of nitrogens with zero attached hydrogens (tertiary/aromatic N) is 2. The number of benzene rings is 1. The number of hydrogen-bond donors (Lipinski definition) is 1. The van der Waals surface area contributed by atoms with E-state index in [1.54, 1.807) is 0 Å². The van der Waals surface area contributed by atoms with Crippen molar-refractivity contribution in [3.63, 3.8) is 0 Å². The topological polar surface area (TPSA) is 49.0 Å². The van der Waals surface area contributed by atoms with Gasteiger partial charge in [-0.2, -0.15) is 5.10 Å². The number of aromatic amines is 1. The van der Waals surface area contributed by atoms with Crippen LogP contribution >= 0.6 is 0 Å². The van der Waals surface area contributed by atoms with Crippen molar-refractivity contribution in [2.24, 2.45) is 5.92 Å².